The summed E-state index contributed by atoms with van der Waals surface area (Å²) in [5.74, 6) is -0.331. The van der Waals surface area contributed by atoms with Crippen LogP contribution in [0.15, 0.2) is 60.7 Å². The number of phenols is 1. The molecule has 1 fully saturated rings. The lowest BCUT2D eigenvalue weighted by molar-refractivity contribution is 0.0674. The quantitative estimate of drug-likeness (QED) is 0.389. The first kappa shape index (κ1) is 22.8. The number of aromatic nitrogens is 2. The molecule has 3 aromatic carbocycles. The van der Waals surface area contributed by atoms with Gasteiger partial charge in [-0.1, -0.05) is 24.3 Å². The maximum absolute atomic E-state index is 14.2. The third-order valence-corrected chi connectivity index (χ3v) is 6.29. The molecule has 0 bridgehead atoms. The molecule has 4 aromatic rings. The largest absolute Gasteiger partial charge is 0.508 e. The molecule has 0 unspecified atom stereocenters. The summed E-state index contributed by atoms with van der Waals surface area (Å²) in [5, 5.41) is 21.4. The highest BCUT2D eigenvalue weighted by Gasteiger charge is 2.25. The van der Waals surface area contributed by atoms with Crippen molar-refractivity contribution in [1.82, 2.24) is 20.4 Å². The van der Waals surface area contributed by atoms with Gasteiger partial charge in [-0.05, 0) is 73.5 Å². The Morgan fingerprint density at radius 1 is 1.03 bits per heavy atom. The lowest BCUT2D eigenvalue weighted by Gasteiger charge is -2.36. The summed E-state index contributed by atoms with van der Waals surface area (Å²) in [5.41, 5.74) is 4.15. The fraction of sp³-hybridized carbons (Fsp3) is 0.214. The number of hydrogen-bond acceptors (Lipinski definition) is 4. The van der Waals surface area contributed by atoms with Crippen LogP contribution >= 0.6 is 0 Å². The number of aromatic amines is 1. The maximum Gasteiger partial charge on any atom is 0.253 e. The van der Waals surface area contributed by atoms with Gasteiger partial charge in [-0.2, -0.15) is 5.10 Å². The van der Waals surface area contributed by atoms with Crippen molar-refractivity contribution in [2.24, 2.45) is 0 Å². The molecule has 2 atom stereocenters. The molecule has 2 heterocycles. The molecule has 0 aliphatic carbocycles. The van der Waals surface area contributed by atoms with Gasteiger partial charge in [0.1, 0.15) is 11.6 Å². The standard InChI is InChI=1S/C28H27FN4O2/c1-17-15-33(16-18(2)30-17)28(35)20-6-3-19(4-7-20)5-12-26-23-10-8-21(13-27(23)32-31-26)24-14-22(34)9-11-25(24)29/h3-14,17-18,30,34H,15-16H2,1-2H3,(H,31,32)/b12-5+/t17-,18+. The molecule has 7 heteroatoms. The molecule has 5 rings (SSSR count). The molecule has 6 nitrogen and oxygen atoms in total. The van der Waals surface area contributed by atoms with E-state index in [1.807, 2.05) is 59.5 Å². The molecular formula is C28H27FN4O2. The number of nitrogens with zero attached hydrogens (tertiary/aromatic N) is 2. The van der Waals surface area contributed by atoms with E-state index in [0.29, 0.717) is 29.8 Å². The van der Waals surface area contributed by atoms with Crippen LogP contribution < -0.4 is 5.32 Å². The highest BCUT2D eigenvalue weighted by Crippen LogP contribution is 2.30. The van der Waals surface area contributed by atoms with Crippen molar-refractivity contribution in [3.8, 4) is 16.9 Å². The second-order valence-corrected chi connectivity index (χ2v) is 9.17. The van der Waals surface area contributed by atoms with E-state index in [9.17, 15) is 14.3 Å². The molecule has 3 N–H and O–H groups in total. The van der Waals surface area contributed by atoms with Gasteiger partial charge < -0.3 is 15.3 Å². The first-order chi connectivity index (χ1) is 16.9. The van der Waals surface area contributed by atoms with E-state index in [1.54, 1.807) is 0 Å². The Morgan fingerprint density at radius 3 is 2.51 bits per heavy atom. The Morgan fingerprint density at radius 2 is 1.77 bits per heavy atom. The van der Waals surface area contributed by atoms with Gasteiger partial charge in [0.25, 0.3) is 5.91 Å². The zero-order chi connectivity index (χ0) is 24.5. The topological polar surface area (TPSA) is 81.2 Å². The Balaban J connectivity index is 1.32. The van der Waals surface area contributed by atoms with E-state index >= 15 is 0 Å². The monoisotopic (exact) mass is 470 g/mol. The molecule has 35 heavy (non-hydrogen) atoms. The van der Waals surface area contributed by atoms with Crippen LogP contribution in [-0.4, -0.2) is 51.3 Å². The van der Waals surface area contributed by atoms with Crippen LogP contribution in [0.3, 0.4) is 0 Å². The Hall–Kier alpha value is -3.97. The fourth-order valence-corrected chi connectivity index (χ4v) is 4.66. The zero-order valence-corrected chi connectivity index (χ0v) is 19.6. The van der Waals surface area contributed by atoms with Crippen molar-refractivity contribution in [2.75, 3.05) is 13.1 Å². The van der Waals surface area contributed by atoms with Crippen molar-refractivity contribution in [3.63, 3.8) is 0 Å². The number of nitrogens with one attached hydrogen (secondary N) is 2. The Labute approximate surface area is 203 Å². The first-order valence-corrected chi connectivity index (χ1v) is 11.7. The predicted molar refractivity (Wildman–Crippen MR) is 136 cm³/mol. The van der Waals surface area contributed by atoms with E-state index < -0.39 is 5.82 Å². The number of rotatable bonds is 4. The van der Waals surface area contributed by atoms with Crippen LogP contribution in [0.5, 0.6) is 5.75 Å². The van der Waals surface area contributed by atoms with E-state index in [1.165, 1.54) is 18.2 Å². The number of fused-ring (bicyclic) bond motifs is 1. The molecule has 0 radical (unpaired) electrons. The Bertz CT molecular complexity index is 1400. The summed E-state index contributed by atoms with van der Waals surface area (Å²) in [7, 11) is 0. The minimum atomic E-state index is -0.398. The third-order valence-electron chi connectivity index (χ3n) is 6.29. The van der Waals surface area contributed by atoms with E-state index in [-0.39, 0.29) is 23.7 Å². The number of H-pyrrole nitrogens is 1. The number of carbonyl (C=O) groups excluding carboxylic acids is 1. The minimum absolute atomic E-state index is 0.0134. The van der Waals surface area contributed by atoms with Crippen molar-refractivity contribution >= 4 is 29.0 Å². The summed E-state index contributed by atoms with van der Waals surface area (Å²) in [6.07, 6.45) is 3.85. The van der Waals surface area contributed by atoms with E-state index in [4.69, 9.17) is 0 Å². The fourth-order valence-electron chi connectivity index (χ4n) is 4.66. The number of halogens is 1. The van der Waals surface area contributed by atoms with Gasteiger partial charge in [-0.15, -0.1) is 0 Å². The number of benzene rings is 3. The second-order valence-electron chi connectivity index (χ2n) is 9.17. The lowest BCUT2D eigenvalue weighted by atomic mass is 10.0. The molecule has 1 saturated heterocycles. The number of aromatic hydroxyl groups is 1. The van der Waals surface area contributed by atoms with Crippen molar-refractivity contribution in [3.05, 3.63) is 83.3 Å². The van der Waals surface area contributed by atoms with Gasteiger partial charge in [0.05, 0.1) is 11.2 Å². The number of piperazine rings is 1. The minimum Gasteiger partial charge on any atom is -0.508 e. The molecule has 0 spiro atoms. The van der Waals surface area contributed by atoms with Crippen LogP contribution in [0, 0.1) is 5.82 Å². The van der Waals surface area contributed by atoms with Gasteiger partial charge in [0.2, 0.25) is 0 Å². The van der Waals surface area contributed by atoms with Gasteiger partial charge in [-0.25, -0.2) is 4.39 Å². The molecule has 1 amide bonds. The second kappa shape index (κ2) is 9.35. The average Bonchev–Trinajstić information content (AvgIpc) is 3.25. The number of carbonyl (C=O) groups is 1. The molecular weight excluding hydrogens is 443 g/mol. The van der Waals surface area contributed by atoms with Crippen LogP contribution in [0.4, 0.5) is 4.39 Å². The lowest BCUT2D eigenvalue weighted by Crippen LogP contribution is -2.55. The van der Waals surface area contributed by atoms with Gasteiger partial charge in [0, 0.05) is 41.7 Å². The van der Waals surface area contributed by atoms with Crippen LogP contribution in [0.25, 0.3) is 34.2 Å². The van der Waals surface area contributed by atoms with E-state index in [2.05, 4.69) is 29.4 Å². The average molecular weight is 471 g/mol. The highest BCUT2D eigenvalue weighted by molar-refractivity contribution is 5.95. The Kier molecular flexibility index (Phi) is 6.09. The van der Waals surface area contributed by atoms with Gasteiger partial charge >= 0.3 is 0 Å². The molecule has 0 saturated carbocycles. The normalized spacial score (nSPS) is 18.4. The SMILES string of the molecule is C[C@@H]1CN(C(=O)c2ccc(/C=C/c3n[nH]c4cc(-c5cc(O)ccc5F)ccc34)cc2)C[C@H](C)N1. The summed E-state index contributed by atoms with van der Waals surface area (Å²) in [6.45, 7) is 5.59. The predicted octanol–water partition coefficient (Wildman–Crippen LogP) is 5.07. The van der Waals surface area contributed by atoms with Gasteiger partial charge in [0.15, 0.2) is 0 Å². The number of hydrogen-bond donors (Lipinski definition) is 3. The smallest absolute Gasteiger partial charge is 0.253 e. The van der Waals surface area contributed by atoms with E-state index in [0.717, 1.165) is 22.2 Å². The molecule has 178 valence electrons. The number of phenolic OH excluding ortho intramolecular Hbond substituents is 1. The summed E-state index contributed by atoms with van der Waals surface area (Å²) in [6, 6.07) is 17.6. The molecule has 1 aliphatic rings. The zero-order valence-electron chi connectivity index (χ0n) is 19.6. The van der Waals surface area contributed by atoms with Crippen molar-refractivity contribution in [2.45, 2.75) is 25.9 Å². The third kappa shape index (κ3) is 4.81. The van der Waals surface area contributed by atoms with Crippen LogP contribution in [-0.2, 0) is 0 Å². The summed E-state index contributed by atoms with van der Waals surface area (Å²) >= 11 is 0. The number of amides is 1. The summed E-state index contributed by atoms with van der Waals surface area (Å²) < 4.78 is 14.2. The molecule has 1 aliphatic heterocycles. The highest BCUT2D eigenvalue weighted by atomic mass is 19.1. The summed E-state index contributed by atoms with van der Waals surface area (Å²) in [4.78, 5) is 14.8. The van der Waals surface area contributed by atoms with Crippen LogP contribution in [0.1, 0.15) is 35.5 Å². The van der Waals surface area contributed by atoms with Crippen molar-refractivity contribution < 1.29 is 14.3 Å². The maximum atomic E-state index is 14.2. The molecule has 1 aromatic heterocycles. The first-order valence-electron chi connectivity index (χ1n) is 11.7. The van der Waals surface area contributed by atoms with Crippen LogP contribution in [0.2, 0.25) is 0 Å². The van der Waals surface area contributed by atoms with Gasteiger partial charge in [-0.3, -0.25) is 9.89 Å². The van der Waals surface area contributed by atoms with Crippen molar-refractivity contribution in [1.29, 1.82) is 0 Å².